The monoisotopic (exact) mass is 323 g/mol. The Bertz CT molecular complexity index is 683. The third-order valence-corrected chi connectivity index (χ3v) is 4.51. The number of nitrogens with zero attached hydrogens (tertiary/aromatic N) is 5. The minimum absolute atomic E-state index is 0.153. The number of aromatic nitrogens is 2. The van der Waals surface area contributed by atoms with Crippen LogP contribution in [0.2, 0.25) is 0 Å². The van der Waals surface area contributed by atoms with Crippen molar-refractivity contribution in [2.75, 3.05) is 37.6 Å². The Balaban J connectivity index is 1.27. The topological polar surface area (TPSA) is 53.9 Å². The number of benzene rings is 1. The van der Waals surface area contributed by atoms with Crippen LogP contribution in [-0.2, 0) is 4.84 Å². The number of piperazine rings is 1. The summed E-state index contributed by atoms with van der Waals surface area (Å²) < 4.78 is 0. The van der Waals surface area contributed by atoms with Gasteiger partial charge in [-0.1, -0.05) is 35.5 Å². The van der Waals surface area contributed by atoms with Gasteiger partial charge in [-0.15, -0.1) is 0 Å². The summed E-state index contributed by atoms with van der Waals surface area (Å²) in [6, 6.07) is 12.1. The zero-order chi connectivity index (χ0) is 16.2. The third-order valence-electron chi connectivity index (χ3n) is 4.51. The van der Waals surface area contributed by atoms with Crippen LogP contribution in [0.3, 0.4) is 0 Å². The largest absolute Gasteiger partial charge is 0.390 e. The normalized spacial score (nSPS) is 21.4. The SMILES string of the molecule is c1ccc(C2=NO[C@@H](CN3CCN(c4ncccn4)CC3)C2)cc1. The van der Waals surface area contributed by atoms with Crippen molar-refractivity contribution in [1.82, 2.24) is 14.9 Å². The average molecular weight is 323 g/mol. The second-order valence-electron chi connectivity index (χ2n) is 6.17. The van der Waals surface area contributed by atoms with E-state index < -0.39 is 0 Å². The lowest BCUT2D eigenvalue weighted by Crippen LogP contribution is -2.49. The Labute approximate surface area is 141 Å². The van der Waals surface area contributed by atoms with Crippen LogP contribution >= 0.6 is 0 Å². The molecule has 124 valence electrons. The van der Waals surface area contributed by atoms with Gasteiger partial charge in [0, 0.05) is 51.5 Å². The molecule has 0 bridgehead atoms. The lowest BCUT2D eigenvalue weighted by atomic mass is 10.0. The summed E-state index contributed by atoms with van der Waals surface area (Å²) in [5.41, 5.74) is 2.21. The van der Waals surface area contributed by atoms with E-state index in [2.05, 4.69) is 37.1 Å². The van der Waals surface area contributed by atoms with Gasteiger partial charge in [0.2, 0.25) is 5.95 Å². The van der Waals surface area contributed by atoms with Crippen LogP contribution in [0.25, 0.3) is 0 Å². The molecule has 1 fully saturated rings. The van der Waals surface area contributed by atoms with E-state index in [-0.39, 0.29) is 6.10 Å². The fourth-order valence-corrected chi connectivity index (χ4v) is 3.20. The maximum Gasteiger partial charge on any atom is 0.225 e. The first kappa shape index (κ1) is 15.1. The summed E-state index contributed by atoms with van der Waals surface area (Å²) in [6.45, 7) is 4.81. The van der Waals surface area contributed by atoms with E-state index in [4.69, 9.17) is 4.84 Å². The van der Waals surface area contributed by atoms with E-state index in [9.17, 15) is 0 Å². The second kappa shape index (κ2) is 6.97. The molecule has 1 aromatic carbocycles. The molecular weight excluding hydrogens is 302 g/mol. The maximum absolute atomic E-state index is 5.64. The number of anilines is 1. The molecule has 0 spiro atoms. The van der Waals surface area contributed by atoms with Crippen LogP contribution in [0, 0.1) is 0 Å². The van der Waals surface area contributed by atoms with Crippen LogP contribution in [0.5, 0.6) is 0 Å². The number of oxime groups is 1. The van der Waals surface area contributed by atoms with Gasteiger partial charge < -0.3 is 9.74 Å². The number of hydrogen-bond donors (Lipinski definition) is 0. The Morgan fingerprint density at radius 3 is 2.46 bits per heavy atom. The summed E-state index contributed by atoms with van der Waals surface area (Å²) in [4.78, 5) is 19.0. The van der Waals surface area contributed by atoms with Crippen LogP contribution in [0.1, 0.15) is 12.0 Å². The Hall–Kier alpha value is -2.47. The van der Waals surface area contributed by atoms with Crippen LogP contribution in [-0.4, -0.2) is 59.4 Å². The molecule has 2 aromatic rings. The molecule has 1 atom stereocenters. The molecule has 6 nitrogen and oxygen atoms in total. The van der Waals surface area contributed by atoms with E-state index in [1.807, 2.05) is 24.3 Å². The van der Waals surface area contributed by atoms with Crippen molar-refractivity contribution in [3.05, 3.63) is 54.4 Å². The zero-order valence-corrected chi connectivity index (χ0v) is 13.6. The quantitative estimate of drug-likeness (QED) is 0.859. The first-order valence-corrected chi connectivity index (χ1v) is 8.41. The highest BCUT2D eigenvalue weighted by molar-refractivity contribution is 6.01. The predicted octanol–water partition coefficient (Wildman–Crippen LogP) is 1.79. The summed E-state index contributed by atoms with van der Waals surface area (Å²) in [5, 5.41) is 4.27. The standard InChI is InChI=1S/C18H21N5O/c1-2-5-15(6-3-1)17-13-16(24-21-17)14-22-9-11-23(12-10-22)18-19-7-4-8-20-18/h1-8,16H,9-14H2/t16-/m1/s1. The van der Waals surface area contributed by atoms with Gasteiger partial charge in [0.25, 0.3) is 0 Å². The van der Waals surface area contributed by atoms with Crippen molar-refractivity contribution in [3.63, 3.8) is 0 Å². The van der Waals surface area contributed by atoms with Gasteiger partial charge in [0.15, 0.2) is 0 Å². The van der Waals surface area contributed by atoms with Gasteiger partial charge in [-0.3, -0.25) is 4.90 Å². The van der Waals surface area contributed by atoms with E-state index in [1.165, 1.54) is 0 Å². The molecular formula is C18H21N5O. The van der Waals surface area contributed by atoms with Crippen molar-refractivity contribution >= 4 is 11.7 Å². The van der Waals surface area contributed by atoms with E-state index >= 15 is 0 Å². The maximum atomic E-state index is 5.64. The molecule has 0 N–H and O–H groups in total. The van der Waals surface area contributed by atoms with Gasteiger partial charge >= 0.3 is 0 Å². The van der Waals surface area contributed by atoms with Gasteiger partial charge in [0.05, 0.1) is 5.71 Å². The molecule has 1 aromatic heterocycles. The molecule has 24 heavy (non-hydrogen) atoms. The molecule has 0 amide bonds. The Kier molecular flexibility index (Phi) is 4.38. The highest BCUT2D eigenvalue weighted by Crippen LogP contribution is 2.18. The fraction of sp³-hybridized carbons (Fsp3) is 0.389. The van der Waals surface area contributed by atoms with Crippen molar-refractivity contribution in [3.8, 4) is 0 Å². The molecule has 2 aliphatic rings. The molecule has 0 saturated carbocycles. The van der Waals surface area contributed by atoms with Crippen LogP contribution < -0.4 is 4.90 Å². The van der Waals surface area contributed by atoms with Gasteiger partial charge in [-0.2, -0.15) is 0 Å². The Morgan fingerprint density at radius 2 is 1.71 bits per heavy atom. The summed E-state index contributed by atoms with van der Waals surface area (Å²) in [6.07, 6.45) is 4.62. The average Bonchev–Trinajstić information content (AvgIpc) is 3.12. The minimum Gasteiger partial charge on any atom is -0.390 e. The lowest BCUT2D eigenvalue weighted by molar-refractivity contribution is 0.0509. The smallest absolute Gasteiger partial charge is 0.225 e. The molecule has 4 rings (SSSR count). The molecule has 0 unspecified atom stereocenters. The van der Waals surface area contributed by atoms with Crippen LogP contribution in [0.4, 0.5) is 5.95 Å². The molecule has 2 aliphatic heterocycles. The van der Waals surface area contributed by atoms with E-state index in [0.717, 1.165) is 56.4 Å². The highest BCUT2D eigenvalue weighted by Gasteiger charge is 2.26. The minimum atomic E-state index is 0.153. The van der Waals surface area contributed by atoms with Crippen molar-refractivity contribution in [2.45, 2.75) is 12.5 Å². The summed E-state index contributed by atoms with van der Waals surface area (Å²) in [5.74, 6) is 0.823. The number of hydrogen-bond acceptors (Lipinski definition) is 6. The van der Waals surface area contributed by atoms with Crippen molar-refractivity contribution < 1.29 is 4.84 Å². The molecule has 0 radical (unpaired) electrons. The van der Waals surface area contributed by atoms with Gasteiger partial charge in [0.1, 0.15) is 6.10 Å². The fourth-order valence-electron chi connectivity index (χ4n) is 3.20. The first-order valence-electron chi connectivity index (χ1n) is 8.41. The van der Waals surface area contributed by atoms with Crippen molar-refractivity contribution in [2.24, 2.45) is 5.16 Å². The van der Waals surface area contributed by atoms with Crippen LogP contribution in [0.15, 0.2) is 53.9 Å². The molecule has 3 heterocycles. The highest BCUT2D eigenvalue weighted by atomic mass is 16.6. The summed E-state index contributed by atoms with van der Waals surface area (Å²) >= 11 is 0. The zero-order valence-electron chi connectivity index (χ0n) is 13.6. The second-order valence-corrected chi connectivity index (χ2v) is 6.17. The lowest BCUT2D eigenvalue weighted by Gasteiger charge is -2.35. The number of rotatable bonds is 4. The molecule has 6 heteroatoms. The van der Waals surface area contributed by atoms with Gasteiger partial charge in [-0.25, -0.2) is 9.97 Å². The van der Waals surface area contributed by atoms with Crippen molar-refractivity contribution in [1.29, 1.82) is 0 Å². The third kappa shape index (κ3) is 3.38. The molecule has 1 saturated heterocycles. The van der Waals surface area contributed by atoms with E-state index in [0.29, 0.717) is 0 Å². The van der Waals surface area contributed by atoms with E-state index in [1.54, 1.807) is 12.4 Å². The predicted molar refractivity (Wildman–Crippen MR) is 93.2 cm³/mol. The van der Waals surface area contributed by atoms with Gasteiger partial charge in [-0.05, 0) is 11.6 Å². The molecule has 0 aliphatic carbocycles. The first-order chi connectivity index (χ1) is 11.9. The summed E-state index contributed by atoms with van der Waals surface area (Å²) in [7, 11) is 0. The Morgan fingerprint density at radius 1 is 0.958 bits per heavy atom.